The van der Waals surface area contributed by atoms with E-state index in [0.29, 0.717) is 58.0 Å². The van der Waals surface area contributed by atoms with Crippen molar-refractivity contribution in [3.05, 3.63) is 90.3 Å². The predicted octanol–water partition coefficient (Wildman–Crippen LogP) is 4.47. The van der Waals surface area contributed by atoms with Gasteiger partial charge in [-0.05, 0) is 55.0 Å². The van der Waals surface area contributed by atoms with Crippen molar-refractivity contribution < 1.29 is 22.9 Å². The molecule has 36 heavy (non-hydrogen) atoms. The molecule has 10 heteroatoms. The molecule has 0 aliphatic rings. The molecule has 3 heterocycles. The van der Waals surface area contributed by atoms with Gasteiger partial charge in [-0.3, -0.25) is 20.4 Å². The first-order chi connectivity index (χ1) is 17.6. The summed E-state index contributed by atoms with van der Waals surface area (Å²) in [5.74, 6) is 0.0417. The molecular weight excluding hydrogens is 465 g/mol. The minimum atomic E-state index is -0.476. The zero-order valence-electron chi connectivity index (χ0n) is 18.9. The molecular formula is C26H20FN5O4. The maximum absolute atomic E-state index is 13.1. The van der Waals surface area contributed by atoms with E-state index in [1.807, 2.05) is 12.1 Å². The number of benzene rings is 2. The number of fused-ring (bicyclic) bond motifs is 1. The van der Waals surface area contributed by atoms with Gasteiger partial charge >= 0.3 is 0 Å². The Morgan fingerprint density at radius 1 is 0.944 bits per heavy atom. The first kappa shape index (κ1) is 22.9. The number of amides is 2. The first-order valence-corrected chi connectivity index (χ1v) is 11.2. The third kappa shape index (κ3) is 5.12. The smallest absolute Gasteiger partial charge is 0.270 e. The van der Waals surface area contributed by atoms with Gasteiger partial charge in [0.25, 0.3) is 5.91 Å². The number of aromatic nitrogens is 3. The first-order valence-electron chi connectivity index (χ1n) is 11.2. The summed E-state index contributed by atoms with van der Waals surface area (Å²) in [6.45, 7) is 0. The number of nitrogens with zero attached hydrogens (tertiary/aromatic N) is 3. The molecule has 0 atom stereocenters. The summed E-state index contributed by atoms with van der Waals surface area (Å²) in [5, 5.41) is 4.53. The van der Waals surface area contributed by atoms with E-state index < -0.39 is 5.91 Å². The summed E-state index contributed by atoms with van der Waals surface area (Å²) in [6.07, 6.45) is 2.46. The Morgan fingerprint density at radius 3 is 2.58 bits per heavy atom. The normalized spacial score (nSPS) is 10.9. The summed E-state index contributed by atoms with van der Waals surface area (Å²) < 4.78 is 23.7. The maximum atomic E-state index is 13.1. The molecule has 0 aliphatic heterocycles. The number of aryl methyl sites for hydroxylation is 1. The molecule has 0 spiro atoms. The Bertz CT molecular complexity index is 1510. The average Bonchev–Trinajstić information content (AvgIpc) is 3.60. The molecule has 3 aromatic heterocycles. The standard InChI is InChI=1S/C26H20FN5O4/c27-17-12-10-16(11-13-17)25-29-24(36-32-25)9-3-8-23(33)30-31-26(34)19-15-21(22-7-4-14-35-22)28-20-6-2-1-5-18(19)20/h1-2,4-7,10-15H,3,8-9H2,(H,30,33)(H,31,34). The number of hydrazine groups is 1. The number of carbonyl (C=O) groups excluding carboxylic acids is 2. The van der Waals surface area contributed by atoms with Gasteiger partial charge < -0.3 is 8.94 Å². The Kier molecular flexibility index (Phi) is 6.48. The number of hydrogen-bond acceptors (Lipinski definition) is 7. The number of carbonyl (C=O) groups is 2. The molecule has 0 saturated carbocycles. The van der Waals surface area contributed by atoms with Gasteiger partial charge in [0.15, 0.2) is 5.76 Å². The topological polar surface area (TPSA) is 123 Å². The minimum Gasteiger partial charge on any atom is -0.463 e. The second-order valence-electron chi connectivity index (χ2n) is 7.92. The molecule has 0 bridgehead atoms. The summed E-state index contributed by atoms with van der Waals surface area (Å²) in [5.41, 5.74) is 7.02. The van der Waals surface area contributed by atoms with Crippen LogP contribution in [0.5, 0.6) is 0 Å². The van der Waals surface area contributed by atoms with Crippen molar-refractivity contribution in [3.63, 3.8) is 0 Å². The van der Waals surface area contributed by atoms with Crippen molar-refractivity contribution in [1.29, 1.82) is 0 Å². The number of para-hydroxylation sites is 1. The molecule has 0 unspecified atom stereocenters. The number of rotatable bonds is 7. The highest BCUT2D eigenvalue weighted by atomic mass is 19.1. The van der Waals surface area contributed by atoms with E-state index in [0.717, 1.165) is 0 Å². The van der Waals surface area contributed by atoms with Crippen molar-refractivity contribution >= 4 is 22.7 Å². The molecule has 2 amide bonds. The Labute approximate surface area is 204 Å². The largest absolute Gasteiger partial charge is 0.463 e. The van der Waals surface area contributed by atoms with Crippen LogP contribution >= 0.6 is 0 Å². The van der Waals surface area contributed by atoms with E-state index in [-0.39, 0.29) is 18.1 Å². The average molecular weight is 485 g/mol. The van der Waals surface area contributed by atoms with Crippen LogP contribution in [0.3, 0.4) is 0 Å². The highest BCUT2D eigenvalue weighted by molar-refractivity contribution is 6.07. The summed E-state index contributed by atoms with van der Waals surface area (Å²) >= 11 is 0. The number of pyridine rings is 1. The quantitative estimate of drug-likeness (QED) is 0.326. The SMILES string of the molecule is O=C(CCCc1nc(-c2ccc(F)cc2)no1)NNC(=O)c1cc(-c2ccco2)nc2ccccc12. The maximum Gasteiger partial charge on any atom is 0.270 e. The van der Waals surface area contributed by atoms with Gasteiger partial charge in [-0.15, -0.1) is 0 Å². The molecule has 0 radical (unpaired) electrons. The van der Waals surface area contributed by atoms with Crippen LogP contribution in [0.4, 0.5) is 4.39 Å². The van der Waals surface area contributed by atoms with Crippen molar-refractivity contribution in [3.8, 4) is 22.8 Å². The highest BCUT2D eigenvalue weighted by Crippen LogP contribution is 2.25. The molecule has 180 valence electrons. The zero-order chi connectivity index (χ0) is 24.9. The Hall–Kier alpha value is -4.86. The third-order valence-corrected chi connectivity index (χ3v) is 5.41. The number of halogens is 1. The van der Waals surface area contributed by atoms with Crippen LogP contribution in [0.25, 0.3) is 33.7 Å². The number of hydrogen-bond donors (Lipinski definition) is 2. The molecule has 0 saturated heterocycles. The van der Waals surface area contributed by atoms with E-state index in [1.165, 1.54) is 18.4 Å². The van der Waals surface area contributed by atoms with E-state index >= 15 is 0 Å². The van der Waals surface area contributed by atoms with Gasteiger partial charge in [-0.1, -0.05) is 23.4 Å². The van der Waals surface area contributed by atoms with Gasteiger partial charge in [0, 0.05) is 23.8 Å². The summed E-state index contributed by atoms with van der Waals surface area (Å²) in [4.78, 5) is 34.0. The van der Waals surface area contributed by atoms with Crippen LogP contribution in [-0.4, -0.2) is 26.9 Å². The fourth-order valence-corrected chi connectivity index (χ4v) is 3.64. The van der Waals surface area contributed by atoms with Crippen LogP contribution in [0.2, 0.25) is 0 Å². The third-order valence-electron chi connectivity index (χ3n) is 5.41. The summed E-state index contributed by atoms with van der Waals surface area (Å²) in [6, 6.07) is 18.1. The van der Waals surface area contributed by atoms with Crippen LogP contribution < -0.4 is 10.9 Å². The predicted molar refractivity (Wildman–Crippen MR) is 128 cm³/mol. The zero-order valence-corrected chi connectivity index (χ0v) is 18.9. The molecule has 9 nitrogen and oxygen atoms in total. The van der Waals surface area contributed by atoms with Crippen LogP contribution in [-0.2, 0) is 11.2 Å². The second-order valence-corrected chi connectivity index (χ2v) is 7.92. The fourth-order valence-electron chi connectivity index (χ4n) is 3.64. The molecule has 0 aliphatic carbocycles. The van der Waals surface area contributed by atoms with Gasteiger partial charge in [0.1, 0.15) is 11.5 Å². The van der Waals surface area contributed by atoms with Crippen molar-refractivity contribution in [2.45, 2.75) is 19.3 Å². The molecule has 5 rings (SSSR count). The number of nitrogens with one attached hydrogen (secondary N) is 2. The lowest BCUT2D eigenvalue weighted by Crippen LogP contribution is -2.41. The Morgan fingerprint density at radius 2 is 1.78 bits per heavy atom. The van der Waals surface area contributed by atoms with Crippen LogP contribution in [0, 0.1) is 5.82 Å². The van der Waals surface area contributed by atoms with Crippen molar-refractivity contribution in [2.75, 3.05) is 0 Å². The molecule has 5 aromatic rings. The summed E-state index contributed by atoms with van der Waals surface area (Å²) in [7, 11) is 0. The van der Waals surface area contributed by atoms with Crippen molar-refractivity contribution in [1.82, 2.24) is 26.0 Å². The van der Waals surface area contributed by atoms with Crippen LogP contribution in [0.15, 0.2) is 81.9 Å². The molecule has 2 N–H and O–H groups in total. The molecule has 2 aromatic carbocycles. The van der Waals surface area contributed by atoms with E-state index in [2.05, 4.69) is 26.0 Å². The second kappa shape index (κ2) is 10.2. The van der Waals surface area contributed by atoms with Crippen LogP contribution in [0.1, 0.15) is 29.1 Å². The minimum absolute atomic E-state index is 0.128. The van der Waals surface area contributed by atoms with Gasteiger partial charge in [-0.2, -0.15) is 4.98 Å². The van der Waals surface area contributed by atoms with Gasteiger partial charge in [-0.25, -0.2) is 9.37 Å². The number of furan rings is 1. The van der Waals surface area contributed by atoms with E-state index in [1.54, 1.807) is 42.5 Å². The van der Waals surface area contributed by atoms with E-state index in [9.17, 15) is 14.0 Å². The van der Waals surface area contributed by atoms with Crippen molar-refractivity contribution in [2.24, 2.45) is 0 Å². The van der Waals surface area contributed by atoms with Gasteiger partial charge in [0.2, 0.25) is 17.6 Å². The highest BCUT2D eigenvalue weighted by Gasteiger charge is 2.16. The Balaban J connectivity index is 1.17. The lowest BCUT2D eigenvalue weighted by molar-refractivity contribution is -0.121. The lowest BCUT2D eigenvalue weighted by Gasteiger charge is -2.10. The van der Waals surface area contributed by atoms with E-state index in [4.69, 9.17) is 8.94 Å². The fraction of sp³-hybridized carbons (Fsp3) is 0.115. The lowest BCUT2D eigenvalue weighted by atomic mass is 10.1. The van der Waals surface area contributed by atoms with Gasteiger partial charge in [0.05, 0.1) is 17.3 Å². The molecule has 0 fully saturated rings. The monoisotopic (exact) mass is 485 g/mol.